The normalized spacial score (nSPS) is 15.0. The van der Waals surface area contributed by atoms with Crippen LogP contribution in [0.3, 0.4) is 0 Å². The second-order valence-corrected chi connectivity index (χ2v) is 11.8. The number of nitrogens with zero attached hydrogens (tertiary/aromatic N) is 1. The van der Waals surface area contributed by atoms with Crippen LogP contribution >= 0.6 is 0 Å². The monoisotopic (exact) mass is 646 g/mol. The lowest BCUT2D eigenvalue weighted by atomic mass is 9.78. The van der Waals surface area contributed by atoms with E-state index < -0.39 is 64.1 Å². The molecule has 4 rings (SSSR count). The number of alkyl halides is 4. The fourth-order valence-electron chi connectivity index (χ4n) is 4.74. The lowest BCUT2D eigenvalue weighted by molar-refractivity contribution is -0.148. The molecule has 0 aliphatic heterocycles. The van der Waals surface area contributed by atoms with Gasteiger partial charge in [0.1, 0.15) is 30.9 Å². The SMILES string of the molecule is [B]C(O)(O)C([B])(O)S(=O)c1ccc([C@@H](CO)NC(=O)c2ccc3c(c2)cc(Cc2ccc(F)cc2C(F)(F)F)n3CCF)cc1. The molecule has 1 amide bonds. The summed E-state index contributed by atoms with van der Waals surface area (Å²) in [6.45, 7) is -1.58. The van der Waals surface area contributed by atoms with Gasteiger partial charge < -0.3 is 30.3 Å². The Morgan fingerprint density at radius 2 is 1.64 bits per heavy atom. The zero-order valence-electron chi connectivity index (χ0n) is 23.3. The van der Waals surface area contributed by atoms with Crippen molar-refractivity contribution in [3.05, 3.63) is 100 Å². The molecular weight excluding hydrogens is 621 g/mol. The highest BCUT2D eigenvalue weighted by Gasteiger charge is 2.44. The second kappa shape index (κ2) is 13.0. The number of fused-ring (bicyclic) bond motifs is 1. The molecule has 0 fully saturated rings. The number of aliphatic hydroxyl groups is 4. The first kappa shape index (κ1) is 34.3. The standard InChI is InChI=1S/C29H25B2F5N2O6S/c30-28(41,42)29(31,43)45(44)22-6-2-16(3-7-22)24(15-39)37-26(40)18-4-8-25-19(11-18)13-21(38(25)10-9-32)12-17-1-5-20(33)14-23(17)27(34,35)36/h1-8,11,13-14,24,39,41-43H,9-10,12,15H2,(H,37,40)/t24-,29?,45?/m1/s1. The van der Waals surface area contributed by atoms with E-state index in [0.29, 0.717) is 28.2 Å². The molecule has 0 aliphatic rings. The summed E-state index contributed by atoms with van der Waals surface area (Å²) in [4.78, 5) is 9.86. The van der Waals surface area contributed by atoms with Crippen LogP contribution in [0.5, 0.6) is 0 Å². The third-order valence-corrected chi connectivity index (χ3v) is 8.67. The molecule has 0 bridgehead atoms. The van der Waals surface area contributed by atoms with E-state index in [0.717, 1.165) is 12.1 Å². The molecule has 3 atom stereocenters. The van der Waals surface area contributed by atoms with Crippen LogP contribution in [0.15, 0.2) is 71.6 Å². The molecule has 4 radical (unpaired) electrons. The van der Waals surface area contributed by atoms with Crippen LogP contribution in [0.4, 0.5) is 22.0 Å². The number of rotatable bonds is 11. The number of aryl methyl sites for hydroxylation is 1. The quantitative estimate of drug-likeness (QED) is 0.0968. The number of amides is 1. The summed E-state index contributed by atoms with van der Waals surface area (Å²) in [5.74, 6) is -1.70. The van der Waals surface area contributed by atoms with Gasteiger partial charge in [-0.15, -0.1) is 0 Å². The molecule has 8 nitrogen and oxygen atoms in total. The molecule has 234 valence electrons. The predicted molar refractivity (Wildman–Crippen MR) is 156 cm³/mol. The second-order valence-electron chi connectivity index (χ2n) is 10.2. The van der Waals surface area contributed by atoms with Gasteiger partial charge in [0.05, 0.1) is 35.6 Å². The van der Waals surface area contributed by atoms with Crippen molar-refractivity contribution < 1.29 is 51.4 Å². The molecular formula is C29H25B2F5N2O6S. The summed E-state index contributed by atoms with van der Waals surface area (Å²) in [6, 6.07) is 12.3. The van der Waals surface area contributed by atoms with E-state index in [1.54, 1.807) is 0 Å². The van der Waals surface area contributed by atoms with Crippen LogP contribution in [-0.4, -0.2) is 74.6 Å². The van der Waals surface area contributed by atoms with E-state index in [1.807, 2.05) is 0 Å². The van der Waals surface area contributed by atoms with Crippen LogP contribution in [0.2, 0.25) is 0 Å². The van der Waals surface area contributed by atoms with Crippen molar-refractivity contribution >= 4 is 43.3 Å². The third kappa shape index (κ3) is 7.31. The Balaban J connectivity index is 1.59. The van der Waals surface area contributed by atoms with Crippen molar-refractivity contribution in [3.63, 3.8) is 0 Å². The van der Waals surface area contributed by atoms with Gasteiger partial charge >= 0.3 is 6.18 Å². The number of nitrogens with one attached hydrogen (secondary N) is 1. The van der Waals surface area contributed by atoms with Crippen molar-refractivity contribution in [2.24, 2.45) is 0 Å². The van der Waals surface area contributed by atoms with Gasteiger partial charge in [0.15, 0.2) is 7.85 Å². The van der Waals surface area contributed by atoms with E-state index in [4.69, 9.17) is 15.7 Å². The van der Waals surface area contributed by atoms with Gasteiger partial charge in [-0.3, -0.25) is 9.00 Å². The molecule has 0 aliphatic carbocycles. The Morgan fingerprint density at radius 1 is 0.978 bits per heavy atom. The molecule has 0 saturated heterocycles. The molecule has 0 saturated carbocycles. The molecule has 1 heterocycles. The summed E-state index contributed by atoms with van der Waals surface area (Å²) in [7, 11) is 7.68. The summed E-state index contributed by atoms with van der Waals surface area (Å²) in [6.07, 6.45) is -5.10. The number of hydrogen-bond acceptors (Lipinski definition) is 6. The topological polar surface area (TPSA) is 132 Å². The maximum Gasteiger partial charge on any atom is 0.416 e. The number of carbonyl (C=O) groups is 1. The van der Waals surface area contributed by atoms with E-state index in [-0.39, 0.29) is 29.0 Å². The molecule has 2 unspecified atom stereocenters. The van der Waals surface area contributed by atoms with Crippen molar-refractivity contribution in [2.45, 2.75) is 40.6 Å². The van der Waals surface area contributed by atoms with Crippen LogP contribution in [0, 0.1) is 5.82 Å². The fraction of sp³-hybridized carbons (Fsp3) is 0.276. The minimum atomic E-state index is -4.82. The molecule has 3 aromatic carbocycles. The lowest BCUT2D eigenvalue weighted by Gasteiger charge is -2.34. The van der Waals surface area contributed by atoms with Crippen molar-refractivity contribution in [2.75, 3.05) is 13.3 Å². The highest BCUT2D eigenvalue weighted by Crippen LogP contribution is 2.34. The molecule has 0 spiro atoms. The van der Waals surface area contributed by atoms with E-state index in [1.165, 1.54) is 53.1 Å². The van der Waals surface area contributed by atoms with Crippen LogP contribution in [-0.2, 0) is 29.9 Å². The van der Waals surface area contributed by atoms with Gasteiger partial charge in [0, 0.05) is 33.5 Å². The van der Waals surface area contributed by atoms with E-state index >= 15 is 0 Å². The van der Waals surface area contributed by atoms with Crippen molar-refractivity contribution in [1.82, 2.24) is 9.88 Å². The largest absolute Gasteiger partial charge is 0.416 e. The maximum absolute atomic E-state index is 13.6. The summed E-state index contributed by atoms with van der Waals surface area (Å²) in [5.41, 5.74) is -3.56. The average molecular weight is 646 g/mol. The van der Waals surface area contributed by atoms with Crippen LogP contribution in [0.25, 0.3) is 10.9 Å². The first-order valence-electron chi connectivity index (χ1n) is 13.2. The van der Waals surface area contributed by atoms with Crippen LogP contribution < -0.4 is 5.32 Å². The van der Waals surface area contributed by atoms with Gasteiger partial charge in [-0.05, 0) is 59.7 Å². The molecule has 5 N–H and O–H groups in total. The Bertz CT molecular complexity index is 1730. The Kier molecular flexibility index (Phi) is 9.95. The fourth-order valence-corrected chi connectivity index (χ4v) is 5.76. The third-order valence-electron chi connectivity index (χ3n) is 7.10. The number of aliphatic hydroxyl groups excluding tert-OH is 1. The first-order chi connectivity index (χ1) is 21.0. The highest BCUT2D eigenvalue weighted by atomic mass is 32.2. The Hall–Kier alpha value is -3.56. The molecule has 4 aromatic rings. The maximum atomic E-state index is 13.6. The summed E-state index contributed by atoms with van der Waals surface area (Å²) < 4.78 is 81.8. The number of hydrogen-bond donors (Lipinski definition) is 5. The Labute approximate surface area is 258 Å². The van der Waals surface area contributed by atoms with Gasteiger partial charge in [-0.2, -0.15) is 13.2 Å². The highest BCUT2D eigenvalue weighted by molar-refractivity contribution is 7.87. The zero-order chi connectivity index (χ0) is 33.3. The molecule has 45 heavy (non-hydrogen) atoms. The van der Waals surface area contributed by atoms with E-state index in [9.17, 15) is 51.4 Å². The number of halogens is 5. The molecule has 1 aromatic heterocycles. The Morgan fingerprint density at radius 3 is 2.22 bits per heavy atom. The van der Waals surface area contributed by atoms with Gasteiger partial charge in [0.2, 0.25) is 0 Å². The molecule has 16 heteroatoms. The minimum absolute atomic E-state index is 0.110. The first-order valence-corrected chi connectivity index (χ1v) is 14.3. The number of benzene rings is 3. The summed E-state index contributed by atoms with van der Waals surface area (Å²) in [5, 5.41) is 41.8. The zero-order valence-corrected chi connectivity index (χ0v) is 24.1. The average Bonchev–Trinajstić information content (AvgIpc) is 3.31. The van der Waals surface area contributed by atoms with Gasteiger partial charge in [-0.25, -0.2) is 8.78 Å². The lowest BCUT2D eigenvalue weighted by Crippen LogP contribution is -2.58. The number of carbonyl (C=O) groups excluding carboxylic acids is 1. The van der Waals surface area contributed by atoms with Crippen molar-refractivity contribution in [1.29, 1.82) is 0 Å². The van der Waals surface area contributed by atoms with Gasteiger partial charge in [-0.1, -0.05) is 18.2 Å². The van der Waals surface area contributed by atoms with Crippen LogP contribution in [0.1, 0.15) is 38.8 Å². The predicted octanol–water partition coefficient (Wildman–Crippen LogP) is 2.55. The van der Waals surface area contributed by atoms with Gasteiger partial charge in [0.25, 0.3) is 5.91 Å². The minimum Gasteiger partial charge on any atom is -0.394 e. The summed E-state index contributed by atoms with van der Waals surface area (Å²) >= 11 is 0. The smallest absolute Gasteiger partial charge is 0.394 e. The van der Waals surface area contributed by atoms with Crippen molar-refractivity contribution in [3.8, 4) is 0 Å². The van der Waals surface area contributed by atoms with E-state index in [2.05, 4.69) is 5.32 Å². The number of aromatic nitrogens is 1.